The summed E-state index contributed by atoms with van der Waals surface area (Å²) in [7, 11) is 1.33. The molecule has 32 heavy (non-hydrogen) atoms. The highest BCUT2D eigenvalue weighted by Gasteiger charge is 2.40. The molecule has 1 saturated carbocycles. The summed E-state index contributed by atoms with van der Waals surface area (Å²) >= 11 is 0. The molecule has 3 aromatic heterocycles. The van der Waals surface area contributed by atoms with Crippen molar-refractivity contribution in [3.8, 4) is 0 Å². The number of nitrogens with one attached hydrogen (secondary N) is 2. The first-order chi connectivity index (χ1) is 14.9. The zero-order valence-electron chi connectivity index (χ0n) is 16.8. The maximum absolute atomic E-state index is 13.5. The Morgan fingerprint density at radius 2 is 2.03 bits per heavy atom. The Balaban J connectivity index is 1.56. The molecule has 0 bridgehead atoms. The molecular weight excluding hydrogens is 439 g/mol. The number of aryl methyl sites for hydroxylation is 1. The predicted octanol–water partition coefficient (Wildman–Crippen LogP) is 2.51. The van der Waals surface area contributed by atoms with Gasteiger partial charge in [-0.05, 0) is 18.6 Å². The van der Waals surface area contributed by atoms with Gasteiger partial charge in [-0.2, -0.15) is 18.3 Å². The molecule has 0 aliphatic heterocycles. The van der Waals surface area contributed by atoms with Crippen LogP contribution < -0.4 is 16.4 Å². The third kappa shape index (κ3) is 4.46. The molecular formula is C18H21F5N8O. The van der Waals surface area contributed by atoms with E-state index in [0.29, 0.717) is 5.52 Å². The minimum atomic E-state index is -4.71. The second-order valence-corrected chi connectivity index (χ2v) is 7.80. The second-order valence-electron chi connectivity index (χ2n) is 7.80. The monoisotopic (exact) mass is 460 g/mol. The van der Waals surface area contributed by atoms with E-state index in [1.54, 1.807) is 6.07 Å². The van der Waals surface area contributed by atoms with E-state index < -0.39 is 48.2 Å². The van der Waals surface area contributed by atoms with E-state index >= 15 is 0 Å². The second kappa shape index (κ2) is 7.85. The summed E-state index contributed by atoms with van der Waals surface area (Å²) in [6.07, 6.45) is -4.38. The molecule has 1 fully saturated rings. The van der Waals surface area contributed by atoms with Crippen molar-refractivity contribution >= 4 is 17.2 Å². The Kier molecular flexibility index (Phi) is 5.45. The molecule has 4 rings (SSSR count). The Morgan fingerprint density at radius 3 is 2.72 bits per heavy atom. The molecule has 3 aromatic rings. The summed E-state index contributed by atoms with van der Waals surface area (Å²) in [5, 5.41) is 23.5. The Bertz CT molecular complexity index is 1110. The number of halogens is 5. The van der Waals surface area contributed by atoms with E-state index in [9.17, 15) is 27.1 Å². The average Bonchev–Trinajstić information content (AvgIpc) is 3.26. The van der Waals surface area contributed by atoms with Gasteiger partial charge in [0, 0.05) is 38.2 Å². The highest BCUT2D eigenvalue weighted by molar-refractivity contribution is 5.52. The Hall–Kier alpha value is -3.00. The molecule has 1 aliphatic carbocycles. The summed E-state index contributed by atoms with van der Waals surface area (Å²) in [5.74, 6) is -2.72. The maximum atomic E-state index is 13.5. The van der Waals surface area contributed by atoms with Crippen LogP contribution in [-0.4, -0.2) is 47.5 Å². The van der Waals surface area contributed by atoms with Crippen molar-refractivity contribution < 1.29 is 27.1 Å². The lowest BCUT2D eigenvalue weighted by atomic mass is 9.88. The van der Waals surface area contributed by atoms with E-state index in [0.717, 1.165) is 10.9 Å². The van der Waals surface area contributed by atoms with Crippen LogP contribution in [0.25, 0.3) is 5.52 Å². The minimum absolute atomic E-state index is 0.0881. The largest absolute Gasteiger partial charge is 0.437 e. The number of aliphatic hydroxyl groups is 1. The fourth-order valence-electron chi connectivity index (χ4n) is 3.73. The van der Waals surface area contributed by atoms with Gasteiger partial charge in [0.25, 0.3) is 0 Å². The molecule has 5 N–H and O–H groups in total. The zero-order chi connectivity index (χ0) is 23.3. The molecule has 0 aromatic carbocycles. The Labute approximate surface area is 178 Å². The number of anilines is 2. The molecule has 3 atom stereocenters. The quantitative estimate of drug-likeness (QED) is 0.341. The molecule has 14 heteroatoms. The van der Waals surface area contributed by atoms with Crippen molar-refractivity contribution in [3.63, 3.8) is 0 Å². The van der Waals surface area contributed by atoms with Gasteiger partial charge < -0.3 is 21.5 Å². The molecule has 0 radical (unpaired) electrons. The van der Waals surface area contributed by atoms with Crippen LogP contribution in [0.5, 0.6) is 0 Å². The van der Waals surface area contributed by atoms with Crippen LogP contribution in [0.15, 0.2) is 24.5 Å². The lowest BCUT2D eigenvalue weighted by Crippen LogP contribution is -2.49. The van der Waals surface area contributed by atoms with Gasteiger partial charge in [0.1, 0.15) is 0 Å². The fourth-order valence-corrected chi connectivity index (χ4v) is 3.73. The summed E-state index contributed by atoms with van der Waals surface area (Å²) in [4.78, 5) is 4.13. The number of rotatable bonds is 5. The summed E-state index contributed by atoms with van der Waals surface area (Å²) in [5.41, 5.74) is 4.90. The van der Waals surface area contributed by atoms with Crippen LogP contribution in [0.4, 0.5) is 33.6 Å². The standard InChI is InChI=1S/C18H21F5N8O/c1-30-8-12(14(28-30)18(21,22)23)26-15(32)13-3-2-9-7-25-16(29-31(9)13)27-11-4-5-17(19,20)6-10(11)24/h2-3,7-8,10-11,15,26,32H,4-6,24H2,1H3,(H,27,29)/t10-,11+,15?/m0/s1. The first-order valence-electron chi connectivity index (χ1n) is 9.73. The summed E-state index contributed by atoms with van der Waals surface area (Å²) < 4.78 is 68.8. The van der Waals surface area contributed by atoms with Gasteiger partial charge in [-0.1, -0.05) is 0 Å². The normalized spacial score (nSPS) is 22.1. The summed E-state index contributed by atoms with van der Waals surface area (Å²) in [6.45, 7) is 0. The van der Waals surface area contributed by atoms with Crippen molar-refractivity contribution in [1.29, 1.82) is 0 Å². The van der Waals surface area contributed by atoms with Crippen molar-refractivity contribution in [2.45, 2.75) is 49.7 Å². The first kappa shape index (κ1) is 22.2. The van der Waals surface area contributed by atoms with Gasteiger partial charge in [0.05, 0.1) is 23.1 Å². The van der Waals surface area contributed by atoms with Crippen LogP contribution in [0.2, 0.25) is 0 Å². The third-order valence-electron chi connectivity index (χ3n) is 5.28. The molecule has 1 unspecified atom stereocenters. The number of nitrogens with two attached hydrogens (primary N) is 1. The zero-order valence-corrected chi connectivity index (χ0v) is 16.8. The van der Waals surface area contributed by atoms with Crippen LogP contribution in [0.1, 0.15) is 36.9 Å². The fraction of sp³-hybridized carbons (Fsp3) is 0.500. The first-order valence-corrected chi connectivity index (χ1v) is 9.73. The number of aliphatic hydroxyl groups excluding tert-OH is 1. The number of nitrogens with zero attached hydrogens (tertiary/aromatic N) is 5. The van der Waals surface area contributed by atoms with E-state index in [1.807, 2.05) is 0 Å². The van der Waals surface area contributed by atoms with E-state index in [-0.39, 0.29) is 24.5 Å². The lowest BCUT2D eigenvalue weighted by molar-refractivity contribution is -0.140. The number of hydrogen-bond acceptors (Lipinski definition) is 7. The molecule has 0 amide bonds. The van der Waals surface area contributed by atoms with Crippen LogP contribution in [0.3, 0.4) is 0 Å². The topological polar surface area (TPSA) is 118 Å². The van der Waals surface area contributed by atoms with Crippen molar-refractivity contribution in [3.05, 3.63) is 35.9 Å². The van der Waals surface area contributed by atoms with Gasteiger partial charge in [-0.3, -0.25) is 4.68 Å². The molecule has 174 valence electrons. The molecule has 9 nitrogen and oxygen atoms in total. The lowest BCUT2D eigenvalue weighted by Gasteiger charge is -2.34. The molecule has 0 spiro atoms. The van der Waals surface area contributed by atoms with Crippen LogP contribution in [0, 0.1) is 0 Å². The molecule has 1 aliphatic rings. The van der Waals surface area contributed by atoms with Gasteiger partial charge in [-0.15, -0.1) is 5.10 Å². The van der Waals surface area contributed by atoms with Gasteiger partial charge in [-0.25, -0.2) is 18.3 Å². The van der Waals surface area contributed by atoms with Crippen molar-refractivity contribution in [1.82, 2.24) is 24.4 Å². The molecule has 0 saturated heterocycles. The number of fused-ring (bicyclic) bond motifs is 1. The van der Waals surface area contributed by atoms with E-state index in [1.165, 1.54) is 23.8 Å². The SMILES string of the molecule is Cn1cc(NC(O)c2ccc3cnc(N[C@@H]4CCC(F)(F)C[C@@H]4N)nn23)c(C(F)(F)F)n1. The highest BCUT2D eigenvalue weighted by atomic mass is 19.4. The number of alkyl halides is 5. The Morgan fingerprint density at radius 1 is 1.28 bits per heavy atom. The highest BCUT2D eigenvalue weighted by Crippen LogP contribution is 2.35. The van der Waals surface area contributed by atoms with Crippen molar-refractivity contribution in [2.75, 3.05) is 10.6 Å². The van der Waals surface area contributed by atoms with Crippen LogP contribution in [-0.2, 0) is 13.2 Å². The number of aromatic nitrogens is 5. The average molecular weight is 460 g/mol. The third-order valence-corrected chi connectivity index (χ3v) is 5.28. The predicted molar refractivity (Wildman–Crippen MR) is 104 cm³/mol. The van der Waals surface area contributed by atoms with Crippen molar-refractivity contribution in [2.24, 2.45) is 12.8 Å². The van der Waals surface area contributed by atoms with Crippen LogP contribution >= 0.6 is 0 Å². The van der Waals surface area contributed by atoms with Gasteiger partial charge >= 0.3 is 6.18 Å². The smallest absolute Gasteiger partial charge is 0.368 e. The van der Waals surface area contributed by atoms with E-state index in [4.69, 9.17) is 5.73 Å². The summed E-state index contributed by atoms with van der Waals surface area (Å²) in [6, 6.07) is 1.77. The minimum Gasteiger partial charge on any atom is -0.368 e. The molecule has 3 heterocycles. The number of hydrogen-bond donors (Lipinski definition) is 4. The van der Waals surface area contributed by atoms with Gasteiger partial charge in [0.2, 0.25) is 11.9 Å². The maximum Gasteiger partial charge on any atom is 0.437 e. The van der Waals surface area contributed by atoms with Gasteiger partial charge in [0.15, 0.2) is 11.9 Å². The van der Waals surface area contributed by atoms with E-state index in [2.05, 4.69) is 25.8 Å².